The highest BCUT2D eigenvalue weighted by molar-refractivity contribution is 5.94. The zero-order valence-electron chi connectivity index (χ0n) is 8.05. The molecule has 0 heterocycles. The molecule has 6 nitrogen and oxygen atoms in total. The van der Waals surface area contributed by atoms with Gasteiger partial charge in [0.2, 0.25) is 0 Å². The number of amides is 1. The lowest BCUT2D eigenvalue weighted by Crippen LogP contribution is -2.28. The van der Waals surface area contributed by atoms with Crippen LogP contribution < -0.4 is 11.1 Å². The average Bonchev–Trinajstić information content (AvgIpc) is 2.27. The molecule has 0 aliphatic rings. The second-order valence-electron chi connectivity index (χ2n) is 2.78. The summed E-state index contributed by atoms with van der Waals surface area (Å²) in [4.78, 5) is 14.0. The normalized spacial score (nSPS) is 9.13. The molecule has 3 N–H and O–H groups in total. The van der Waals surface area contributed by atoms with Crippen molar-refractivity contribution in [1.29, 1.82) is 0 Å². The number of nitrogens with one attached hydrogen (secondary N) is 1. The molecular formula is C9H11N5O. The predicted molar refractivity (Wildman–Crippen MR) is 56.6 cm³/mol. The maximum atomic E-state index is 11.4. The van der Waals surface area contributed by atoms with Crippen LogP contribution in [0.15, 0.2) is 29.4 Å². The molecular weight excluding hydrogens is 194 g/mol. The minimum Gasteiger partial charge on any atom is -0.351 e. The third kappa shape index (κ3) is 3.30. The van der Waals surface area contributed by atoms with Gasteiger partial charge in [-0.2, -0.15) is 0 Å². The molecule has 0 aliphatic heterocycles. The largest absolute Gasteiger partial charge is 0.351 e. The first-order chi connectivity index (χ1) is 7.27. The second kappa shape index (κ2) is 5.64. The molecule has 0 bridgehead atoms. The van der Waals surface area contributed by atoms with E-state index in [1.54, 1.807) is 24.3 Å². The van der Waals surface area contributed by atoms with Crippen LogP contribution in [0.25, 0.3) is 10.4 Å². The van der Waals surface area contributed by atoms with Crippen molar-refractivity contribution in [1.82, 2.24) is 5.32 Å². The molecule has 0 unspecified atom stereocenters. The minimum atomic E-state index is -0.187. The SMILES string of the molecule is [N-]=[N+]=Nc1ccc(C(=O)NCCN)cc1. The van der Waals surface area contributed by atoms with E-state index in [0.29, 0.717) is 24.3 Å². The number of hydrogen-bond acceptors (Lipinski definition) is 3. The Balaban J connectivity index is 2.70. The molecule has 0 saturated heterocycles. The maximum absolute atomic E-state index is 11.4. The summed E-state index contributed by atoms with van der Waals surface area (Å²) >= 11 is 0. The number of rotatable bonds is 4. The van der Waals surface area contributed by atoms with Crippen LogP contribution in [0.2, 0.25) is 0 Å². The fourth-order valence-corrected chi connectivity index (χ4v) is 1.02. The first-order valence-electron chi connectivity index (χ1n) is 4.41. The van der Waals surface area contributed by atoms with Crippen LogP contribution in [-0.4, -0.2) is 19.0 Å². The molecule has 1 rings (SSSR count). The molecule has 1 aromatic rings. The number of carbonyl (C=O) groups excluding carboxylic acids is 1. The smallest absolute Gasteiger partial charge is 0.251 e. The molecule has 6 heteroatoms. The van der Waals surface area contributed by atoms with Gasteiger partial charge in [0.15, 0.2) is 0 Å². The second-order valence-corrected chi connectivity index (χ2v) is 2.78. The average molecular weight is 205 g/mol. The van der Waals surface area contributed by atoms with E-state index in [1.807, 2.05) is 0 Å². The molecule has 0 atom stereocenters. The van der Waals surface area contributed by atoms with E-state index in [9.17, 15) is 4.79 Å². The number of hydrogen-bond donors (Lipinski definition) is 2. The molecule has 1 amide bonds. The van der Waals surface area contributed by atoms with Crippen LogP contribution in [0.4, 0.5) is 5.69 Å². The van der Waals surface area contributed by atoms with Crippen LogP contribution in [0.3, 0.4) is 0 Å². The van der Waals surface area contributed by atoms with Crippen LogP contribution >= 0.6 is 0 Å². The van der Waals surface area contributed by atoms with Gasteiger partial charge in [0.1, 0.15) is 0 Å². The van der Waals surface area contributed by atoms with Crippen LogP contribution in [-0.2, 0) is 0 Å². The van der Waals surface area contributed by atoms with Crippen molar-refractivity contribution in [2.75, 3.05) is 13.1 Å². The summed E-state index contributed by atoms with van der Waals surface area (Å²) in [5.74, 6) is -0.187. The summed E-state index contributed by atoms with van der Waals surface area (Å²) in [5, 5.41) is 6.03. The zero-order valence-corrected chi connectivity index (χ0v) is 8.05. The summed E-state index contributed by atoms with van der Waals surface area (Å²) in [6.07, 6.45) is 0. The van der Waals surface area contributed by atoms with Crippen molar-refractivity contribution in [2.24, 2.45) is 10.8 Å². The third-order valence-corrected chi connectivity index (χ3v) is 1.72. The van der Waals surface area contributed by atoms with Crippen molar-refractivity contribution < 1.29 is 4.79 Å². The Morgan fingerprint density at radius 2 is 2.13 bits per heavy atom. The maximum Gasteiger partial charge on any atom is 0.251 e. The highest BCUT2D eigenvalue weighted by atomic mass is 16.1. The van der Waals surface area contributed by atoms with E-state index in [1.165, 1.54) is 0 Å². The van der Waals surface area contributed by atoms with Crippen molar-refractivity contribution in [3.63, 3.8) is 0 Å². The fourth-order valence-electron chi connectivity index (χ4n) is 1.02. The monoisotopic (exact) mass is 205 g/mol. The van der Waals surface area contributed by atoms with E-state index in [2.05, 4.69) is 15.3 Å². The van der Waals surface area contributed by atoms with Gasteiger partial charge in [-0.1, -0.05) is 17.2 Å². The molecule has 0 aliphatic carbocycles. The Kier molecular flexibility index (Phi) is 4.15. The number of nitrogens with two attached hydrogens (primary N) is 1. The minimum absolute atomic E-state index is 0.187. The lowest BCUT2D eigenvalue weighted by atomic mass is 10.2. The van der Waals surface area contributed by atoms with Crippen molar-refractivity contribution >= 4 is 11.6 Å². The highest BCUT2D eigenvalue weighted by Gasteiger charge is 2.02. The van der Waals surface area contributed by atoms with Crippen molar-refractivity contribution in [3.8, 4) is 0 Å². The van der Waals surface area contributed by atoms with E-state index in [4.69, 9.17) is 11.3 Å². The zero-order chi connectivity index (χ0) is 11.1. The summed E-state index contributed by atoms with van der Waals surface area (Å²) in [5.41, 5.74) is 14.4. The molecule has 0 radical (unpaired) electrons. The van der Waals surface area contributed by atoms with Gasteiger partial charge >= 0.3 is 0 Å². The summed E-state index contributed by atoms with van der Waals surface area (Å²) in [6, 6.07) is 6.35. The van der Waals surface area contributed by atoms with Crippen LogP contribution in [0.5, 0.6) is 0 Å². The summed E-state index contributed by atoms with van der Waals surface area (Å²) in [7, 11) is 0. The van der Waals surface area contributed by atoms with Gasteiger partial charge in [-0.05, 0) is 17.7 Å². The van der Waals surface area contributed by atoms with Crippen LogP contribution in [0, 0.1) is 0 Å². The Labute approximate surface area is 86.7 Å². The summed E-state index contributed by atoms with van der Waals surface area (Å²) < 4.78 is 0. The predicted octanol–water partition coefficient (Wildman–Crippen LogP) is 1.32. The molecule has 0 saturated carbocycles. The van der Waals surface area contributed by atoms with E-state index < -0.39 is 0 Å². The topological polar surface area (TPSA) is 104 Å². The molecule has 0 fully saturated rings. The molecule has 78 valence electrons. The van der Waals surface area contributed by atoms with E-state index >= 15 is 0 Å². The Morgan fingerprint density at radius 1 is 1.47 bits per heavy atom. The fraction of sp³-hybridized carbons (Fsp3) is 0.222. The van der Waals surface area contributed by atoms with Gasteiger partial charge in [-0.25, -0.2) is 0 Å². The third-order valence-electron chi connectivity index (χ3n) is 1.72. The molecule has 15 heavy (non-hydrogen) atoms. The van der Waals surface area contributed by atoms with E-state index in [0.717, 1.165) is 0 Å². The number of carbonyl (C=O) groups is 1. The first-order valence-corrected chi connectivity index (χ1v) is 4.41. The number of azide groups is 1. The lowest BCUT2D eigenvalue weighted by Gasteiger charge is -2.02. The van der Waals surface area contributed by atoms with Gasteiger partial charge in [0.05, 0.1) is 0 Å². The van der Waals surface area contributed by atoms with Crippen LogP contribution in [0.1, 0.15) is 10.4 Å². The lowest BCUT2D eigenvalue weighted by molar-refractivity contribution is 0.0955. The van der Waals surface area contributed by atoms with Gasteiger partial charge in [0, 0.05) is 29.3 Å². The first kappa shape index (κ1) is 11.0. The standard InChI is InChI=1S/C9H11N5O/c10-5-6-12-9(15)7-1-3-8(4-2-7)13-14-11/h1-4H,5-6,10H2,(H,12,15). The quantitative estimate of drug-likeness (QED) is 0.439. The van der Waals surface area contributed by atoms with Crippen molar-refractivity contribution in [2.45, 2.75) is 0 Å². The highest BCUT2D eigenvalue weighted by Crippen LogP contribution is 2.12. The van der Waals surface area contributed by atoms with Gasteiger partial charge in [0.25, 0.3) is 5.91 Å². The molecule has 0 spiro atoms. The molecule has 1 aromatic carbocycles. The Hall–Kier alpha value is -2.04. The number of benzene rings is 1. The number of nitrogens with zero attached hydrogens (tertiary/aromatic N) is 3. The molecule has 0 aromatic heterocycles. The summed E-state index contributed by atoms with van der Waals surface area (Å²) in [6.45, 7) is 0.847. The van der Waals surface area contributed by atoms with Gasteiger partial charge < -0.3 is 11.1 Å². The Morgan fingerprint density at radius 3 is 2.67 bits per heavy atom. The van der Waals surface area contributed by atoms with E-state index in [-0.39, 0.29) is 5.91 Å². The van der Waals surface area contributed by atoms with Gasteiger partial charge in [-0.15, -0.1) is 0 Å². The Bertz CT molecular complexity index is 380. The van der Waals surface area contributed by atoms with Crippen molar-refractivity contribution in [3.05, 3.63) is 40.3 Å². The van der Waals surface area contributed by atoms with Gasteiger partial charge in [-0.3, -0.25) is 4.79 Å².